The van der Waals surface area contributed by atoms with E-state index in [9.17, 15) is 20.1 Å². The standard InChI is InChI=1S/C27H31ClN2O4/c1-18(30-16-26(33)21-7-10-25(32)23(15-21)17-31)13-20-3-2-4-22(14-20)27(34)29-12-11-19-5-8-24(28)9-6-19/h2-10,14-15,18,26,30-33H,11-13,16-17H2,1H3,(H,29,34)/t18-,26-/m1/s1. The summed E-state index contributed by atoms with van der Waals surface area (Å²) in [5.74, 6) is -0.104. The molecule has 3 aromatic carbocycles. The molecule has 7 heteroatoms. The Balaban J connectivity index is 1.48. The zero-order valence-corrected chi connectivity index (χ0v) is 19.9. The molecule has 5 N–H and O–H groups in total. The SMILES string of the molecule is C[C@H](Cc1cccc(C(=O)NCCc2ccc(Cl)cc2)c1)NC[C@@H](O)c1ccc(O)c(CO)c1. The van der Waals surface area contributed by atoms with Gasteiger partial charge < -0.3 is 26.0 Å². The van der Waals surface area contributed by atoms with Crippen molar-refractivity contribution in [2.45, 2.75) is 38.5 Å². The number of aromatic hydroxyl groups is 1. The Morgan fingerprint density at radius 2 is 1.79 bits per heavy atom. The summed E-state index contributed by atoms with van der Waals surface area (Å²) in [5, 5.41) is 36.4. The molecule has 0 aliphatic carbocycles. The number of carbonyl (C=O) groups is 1. The molecular weight excluding hydrogens is 452 g/mol. The molecule has 1 amide bonds. The topological polar surface area (TPSA) is 102 Å². The molecule has 34 heavy (non-hydrogen) atoms. The van der Waals surface area contributed by atoms with Crippen LogP contribution >= 0.6 is 11.6 Å². The summed E-state index contributed by atoms with van der Waals surface area (Å²) < 4.78 is 0. The van der Waals surface area contributed by atoms with Crippen molar-refractivity contribution in [3.05, 3.63) is 99.6 Å². The van der Waals surface area contributed by atoms with Crippen molar-refractivity contribution < 1.29 is 20.1 Å². The second-order valence-corrected chi connectivity index (χ2v) is 8.84. The Kier molecular flexibility index (Phi) is 9.48. The maximum atomic E-state index is 12.6. The molecular formula is C27H31ClN2O4. The molecule has 0 radical (unpaired) electrons. The Bertz CT molecular complexity index is 1090. The van der Waals surface area contributed by atoms with Gasteiger partial charge in [0.15, 0.2) is 0 Å². The van der Waals surface area contributed by atoms with Crippen molar-refractivity contribution >= 4 is 17.5 Å². The van der Waals surface area contributed by atoms with E-state index in [0.29, 0.717) is 41.2 Å². The van der Waals surface area contributed by atoms with Crippen LogP contribution in [-0.4, -0.2) is 40.4 Å². The fourth-order valence-electron chi connectivity index (χ4n) is 3.71. The van der Waals surface area contributed by atoms with E-state index in [-0.39, 0.29) is 24.3 Å². The predicted molar refractivity (Wildman–Crippen MR) is 134 cm³/mol. The number of halogens is 1. The van der Waals surface area contributed by atoms with Gasteiger partial charge in [-0.1, -0.05) is 41.9 Å². The number of hydrogen-bond donors (Lipinski definition) is 5. The predicted octanol–water partition coefficient (Wildman–Crippen LogP) is 3.76. The largest absolute Gasteiger partial charge is 0.508 e. The number of hydrogen-bond acceptors (Lipinski definition) is 5. The third-order valence-corrected chi connectivity index (χ3v) is 5.91. The van der Waals surface area contributed by atoms with Gasteiger partial charge in [0.2, 0.25) is 0 Å². The molecule has 0 saturated carbocycles. The number of aliphatic hydroxyl groups excluding tert-OH is 2. The molecule has 0 unspecified atom stereocenters. The van der Waals surface area contributed by atoms with Crippen LogP contribution in [0.1, 0.15) is 45.6 Å². The number of amides is 1. The molecule has 6 nitrogen and oxygen atoms in total. The minimum absolute atomic E-state index is 0.00803. The number of aliphatic hydroxyl groups is 2. The second kappa shape index (κ2) is 12.5. The van der Waals surface area contributed by atoms with Crippen molar-refractivity contribution in [2.24, 2.45) is 0 Å². The smallest absolute Gasteiger partial charge is 0.251 e. The maximum absolute atomic E-state index is 12.6. The van der Waals surface area contributed by atoms with Crippen LogP contribution in [0.2, 0.25) is 5.02 Å². The summed E-state index contributed by atoms with van der Waals surface area (Å²) in [4.78, 5) is 12.6. The van der Waals surface area contributed by atoms with Gasteiger partial charge >= 0.3 is 0 Å². The molecule has 0 aliphatic heterocycles. The van der Waals surface area contributed by atoms with Crippen LogP contribution in [0.4, 0.5) is 0 Å². The van der Waals surface area contributed by atoms with Gasteiger partial charge in [-0.25, -0.2) is 0 Å². The fraction of sp³-hybridized carbons (Fsp3) is 0.296. The first kappa shape index (κ1) is 25.7. The monoisotopic (exact) mass is 482 g/mol. The lowest BCUT2D eigenvalue weighted by molar-refractivity contribution is 0.0954. The van der Waals surface area contributed by atoms with Crippen molar-refractivity contribution in [1.29, 1.82) is 0 Å². The minimum atomic E-state index is -0.772. The van der Waals surface area contributed by atoms with Gasteiger partial charge in [0.25, 0.3) is 5.91 Å². The number of phenols is 1. The van der Waals surface area contributed by atoms with Crippen molar-refractivity contribution in [2.75, 3.05) is 13.1 Å². The highest BCUT2D eigenvalue weighted by atomic mass is 35.5. The van der Waals surface area contributed by atoms with Crippen LogP contribution in [0.25, 0.3) is 0 Å². The molecule has 0 fully saturated rings. The third-order valence-electron chi connectivity index (χ3n) is 5.66. The lowest BCUT2D eigenvalue weighted by atomic mass is 10.0. The Morgan fingerprint density at radius 3 is 2.53 bits per heavy atom. The summed E-state index contributed by atoms with van der Waals surface area (Å²) in [6.07, 6.45) is 0.647. The van der Waals surface area contributed by atoms with E-state index in [2.05, 4.69) is 10.6 Å². The van der Waals surface area contributed by atoms with E-state index in [1.54, 1.807) is 18.2 Å². The van der Waals surface area contributed by atoms with Gasteiger partial charge in [0.05, 0.1) is 12.7 Å². The zero-order chi connectivity index (χ0) is 24.5. The molecule has 3 rings (SSSR count). The van der Waals surface area contributed by atoms with Gasteiger partial charge in [0, 0.05) is 35.3 Å². The molecule has 0 saturated heterocycles. The third kappa shape index (κ3) is 7.57. The van der Waals surface area contributed by atoms with E-state index in [1.807, 2.05) is 49.4 Å². The first-order valence-corrected chi connectivity index (χ1v) is 11.7. The van der Waals surface area contributed by atoms with Crippen LogP contribution in [-0.2, 0) is 19.4 Å². The Labute approximate surface area is 205 Å². The highest BCUT2D eigenvalue weighted by Gasteiger charge is 2.13. The maximum Gasteiger partial charge on any atom is 0.251 e. The minimum Gasteiger partial charge on any atom is -0.508 e. The molecule has 0 spiro atoms. The van der Waals surface area contributed by atoms with E-state index in [4.69, 9.17) is 11.6 Å². The molecule has 2 atom stereocenters. The van der Waals surface area contributed by atoms with Gasteiger partial charge in [-0.15, -0.1) is 0 Å². The first-order valence-electron chi connectivity index (χ1n) is 11.3. The Hall–Kier alpha value is -2.90. The van der Waals surface area contributed by atoms with Crippen molar-refractivity contribution in [3.8, 4) is 5.75 Å². The molecule has 0 aliphatic rings. The normalized spacial score (nSPS) is 12.8. The van der Waals surface area contributed by atoms with Crippen LogP contribution in [0.15, 0.2) is 66.7 Å². The average Bonchev–Trinajstić information content (AvgIpc) is 2.84. The van der Waals surface area contributed by atoms with Gasteiger partial charge in [-0.2, -0.15) is 0 Å². The van der Waals surface area contributed by atoms with Crippen LogP contribution in [0.5, 0.6) is 5.75 Å². The van der Waals surface area contributed by atoms with Crippen molar-refractivity contribution in [1.82, 2.24) is 10.6 Å². The lowest BCUT2D eigenvalue weighted by Gasteiger charge is -2.18. The molecule has 0 heterocycles. The summed E-state index contributed by atoms with van der Waals surface area (Å²) in [5.41, 5.74) is 3.75. The number of benzene rings is 3. The fourth-order valence-corrected chi connectivity index (χ4v) is 3.83. The quantitative estimate of drug-likeness (QED) is 0.286. The van der Waals surface area contributed by atoms with Crippen LogP contribution < -0.4 is 10.6 Å². The first-order chi connectivity index (χ1) is 16.4. The summed E-state index contributed by atoms with van der Waals surface area (Å²) in [6.45, 7) is 2.58. The summed E-state index contributed by atoms with van der Waals surface area (Å²) in [6, 6.07) is 19.9. The van der Waals surface area contributed by atoms with Gasteiger partial charge in [-0.05, 0) is 72.9 Å². The number of nitrogens with one attached hydrogen (secondary N) is 2. The lowest BCUT2D eigenvalue weighted by Crippen LogP contribution is -2.32. The number of carbonyl (C=O) groups excluding carboxylic acids is 1. The zero-order valence-electron chi connectivity index (χ0n) is 19.2. The summed E-state index contributed by atoms with van der Waals surface area (Å²) >= 11 is 5.90. The Morgan fingerprint density at radius 1 is 1.03 bits per heavy atom. The van der Waals surface area contributed by atoms with E-state index in [1.165, 1.54) is 6.07 Å². The highest BCUT2D eigenvalue weighted by molar-refractivity contribution is 6.30. The van der Waals surface area contributed by atoms with Crippen LogP contribution in [0.3, 0.4) is 0 Å². The second-order valence-electron chi connectivity index (χ2n) is 8.41. The van der Waals surface area contributed by atoms with Crippen LogP contribution in [0, 0.1) is 0 Å². The average molecular weight is 483 g/mol. The highest BCUT2D eigenvalue weighted by Crippen LogP contribution is 2.22. The van der Waals surface area contributed by atoms with Crippen molar-refractivity contribution in [3.63, 3.8) is 0 Å². The molecule has 180 valence electrons. The van der Waals surface area contributed by atoms with E-state index >= 15 is 0 Å². The molecule has 0 bridgehead atoms. The van der Waals surface area contributed by atoms with E-state index < -0.39 is 6.10 Å². The molecule has 3 aromatic rings. The van der Waals surface area contributed by atoms with E-state index in [0.717, 1.165) is 17.5 Å². The van der Waals surface area contributed by atoms with Gasteiger partial charge in [0.1, 0.15) is 5.75 Å². The number of rotatable bonds is 11. The summed E-state index contributed by atoms with van der Waals surface area (Å²) in [7, 11) is 0. The van der Waals surface area contributed by atoms with Gasteiger partial charge in [-0.3, -0.25) is 4.79 Å². The molecule has 0 aromatic heterocycles.